The van der Waals surface area contributed by atoms with Crippen LogP contribution < -0.4 is 10.1 Å². The SMILES string of the molecule is Clc1cccc(CO[C@@H]2COc3ccccc3[C@H]2N2CCNCC2)c1. The zero-order valence-electron chi connectivity index (χ0n) is 14.2. The lowest BCUT2D eigenvalue weighted by Crippen LogP contribution is -2.51. The number of nitrogens with one attached hydrogen (secondary N) is 1. The number of para-hydroxylation sites is 1. The highest BCUT2D eigenvalue weighted by Gasteiger charge is 2.36. The zero-order valence-corrected chi connectivity index (χ0v) is 14.9. The Morgan fingerprint density at radius 2 is 1.96 bits per heavy atom. The van der Waals surface area contributed by atoms with Crippen molar-refractivity contribution >= 4 is 11.6 Å². The quantitative estimate of drug-likeness (QED) is 0.909. The lowest BCUT2D eigenvalue weighted by molar-refractivity contribution is -0.0617. The molecule has 132 valence electrons. The minimum Gasteiger partial charge on any atom is -0.490 e. The first-order chi connectivity index (χ1) is 12.3. The molecule has 1 N–H and O–H groups in total. The monoisotopic (exact) mass is 358 g/mol. The van der Waals surface area contributed by atoms with Crippen LogP contribution in [0, 0.1) is 0 Å². The van der Waals surface area contributed by atoms with Gasteiger partial charge in [0.1, 0.15) is 18.5 Å². The van der Waals surface area contributed by atoms with Gasteiger partial charge in [-0.2, -0.15) is 0 Å². The molecule has 0 bridgehead atoms. The van der Waals surface area contributed by atoms with Crippen molar-refractivity contribution in [1.82, 2.24) is 10.2 Å². The minimum absolute atomic E-state index is 0.00646. The van der Waals surface area contributed by atoms with Gasteiger partial charge in [0.25, 0.3) is 0 Å². The predicted molar refractivity (Wildman–Crippen MR) is 99.1 cm³/mol. The molecule has 2 aromatic rings. The van der Waals surface area contributed by atoms with Crippen LogP contribution >= 0.6 is 11.6 Å². The molecule has 2 heterocycles. The van der Waals surface area contributed by atoms with Crippen LogP contribution in [0.4, 0.5) is 0 Å². The van der Waals surface area contributed by atoms with E-state index >= 15 is 0 Å². The highest BCUT2D eigenvalue weighted by atomic mass is 35.5. The van der Waals surface area contributed by atoms with Crippen LogP contribution in [0.25, 0.3) is 0 Å². The van der Waals surface area contributed by atoms with E-state index in [9.17, 15) is 0 Å². The van der Waals surface area contributed by atoms with E-state index in [4.69, 9.17) is 21.1 Å². The molecule has 5 heteroatoms. The summed E-state index contributed by atoms with van der Waals surface area (Å²) in [6, 6.07) is 16.4. The van der Waals surface area contributed by atoms with Crippen molar-refractivity contribution in [3.05, 3.63) is 64.7 Å². The van der Waals surface area contributed by atoms with E-state index in [1.54, 1.807) is 0 Å². The molecule has 0 radical (unpaired) electrons. The summed E-state index contributed by atoms with van der Waals surface area (Å²) in [5.41, 5.74) is 2.32. The minimum atomic E-state index is 0.00646. The third-order valence-electron chi connectivity index (χ3n) is 4.89. The zero-order chi connectivity index (χ0) is 17.1. The molecule has 2 aliphatic rings. The summed E-state index contributed by atoms with van der Waals surface area (Å²) in [7, 11) is 0. The van der Waals surface area contributed by atoms with Gasteiger partial charge in [0, 0.05) is 36.8 Å². The van der Waals surface area contributed by atoms with Crippen molar-refractivity contribution in [1.29, 1.82) is 0 Å². The number of benzene rings is 2. The van der Waals surface area contributed by atoms with Gasteiger partial charge >= 0.3 is 0 Å². The van der Waals surface area contributed by atoms with E-state index in [1.807, 2.05) is 30.3 Å². The van der Waals surface area contributed by atoms with E-state index in [0.29, 0.717) is 13.2 Å². The Kier molecular flexibility index (Phi) is 5.22. The van der Waals surface area contributed by atoms with Gasteiger partial charge in [0.2, 0.25) is 0 Å². The standard InChI is InChI=1S/C20H23ClN2O2/c21-16-5-3-4-15(12-16)13-24-19-14-25-18-7-2-1-6-17(18)20(19)23-10-8-22-9-11-23/h1-7,12,19-20,22H,8-11,13-14H2/t19-,20-/m1/s1. The van der Waals surface area contributed by atoms with Gasteiger partial charge in [0.05, 0.1) is 12.6 Å². The molecule has 0 amide bonds. The normalized spacial score (nSPS) is 23.7. The number of hydrogen-bond donors (Lipinski definition) is 1. The fourth-order valence-corrected chi connectivity index (χ4v) is 3.89. The van der Waals surface area contributed by atoms with Gasteiger partial charge in [-0.05, 0) is 23.8 Å². The molecule has 4 nitrogen and oxygen atoms in total. The summed E-state index contributed by atoms with van der Waals surface area (Å²) in [6.45, 7) is 5.19. The second kappa shape index (κ2) is 7.75. The average Bonchev–Trinajstić information content (AvgIpc) is 2.66. The fraction of sp³-hybridized carbons (Fsp3) is 0.400. The number of fused-ring (bicyclic) bond motifs is 1. The Morgan fingerprint density at radius 3 is 2.80 bits per heavy atom. The Balaban J connectivity index is 1.55. The molecule has 2 aromatic carbocycles. The van der Waals surface area contributed by atoms with Gasteiger partial charge in [-0.15, -0.1) is 0 Å². The molecule has 25 heavy (non-hydrogen) atoms. The summed E-state index contributed by atoms with van der Waals surface area (Å²) in [5.74, 6) is 0.980. The third kappa shape index (κ3) is 3.82. The second-order valence-electron chi connectivity index (χ2n) is 6.56. The van der Waals surface area contributed by atoms with Crippen molar-refractivity contribution in [3.63, 3.8) is 0 Å². The number of rotatable bonds is 4. The van der Waals surface area contributed by atoms with E-state index < -0.39 is 0 Å². The number of halogens is 1. The molecular weight excluding hydrogens is 336 g/mol. The smallest absolute Gasteiger partial charge is 0.124 e. The van der Waals surface area contributed by atoms with Crippen LogP contribution in [-0.2, 0) is 11.3 Å². The predicted octanol–water partition coefficient (Wildman–Crippen LogP) is 3.26. The van der Waals surface area contributed by atoms with Gasteiger partial charge in [-0.25, -0.2) is 0 Å². The van der Waals surface area contributed by atoms with Crippen molar-refractivity contribution in [3.8, 4) is 5.75 Å². The Bertz CT molecular complexity index is 718. The molecule has 4 rings (SSSR count). The highest BCUT2D eigenvalue weighted by molar-refractivity contribution is 6.30. The molecule has 2 atom stereocenters. The van der Waals surface area contributed by atoms with E-state index in [2.05, 4.69) is 28.4 Å². The van der Waals surface area contributed by atoms with E-state index in [1.165, 1.54) is 5.56 Å². The molecule has 1 saturated heterocycles. The lowest BCUT2D eigenvalue weighted by Gasteiger charge is -2.42. The summed E-state index contributed by atoms with van der Waals surface area (Å²) in [5, 5.41) is 4.17. The molecule has 0 aliphatic carbocycles. The van der Waals surface area contributed by atoms with E-state index in [0.717, 1.165) is 42.5 Å². The van der Waals surface area contributed by atoms with Crippen LogP contribution in [-0.4, -0.2) is 43.8 Å². The van der Waals surface area contributed by atoms with Crippen molar-refractivity contribution < 1.29 is 9.47 Å². The third-order valence-corrected chi connectivity index (χ3v) is 5.13. The summed E-state index contributed by atoms with van der Waals surface area (Å²) in [4.78, 5) is 2.51. The molecule has 0 aromatic heterocycles. The summed E-state index contributed by atoms with van der Waals surface area (Å²) in [6.07, 6.45) is 0.00646. The van der Waals surface area contributed by atoms with Gasteiger partial charge in [-0.3, -0.25) is 4.90 Å². The van der Waals surface area contributed by atoms with Crippen LogP contribution in [0.5, 0.6) is 5.75 Å². The molecule has 1 fully saturated rings. The Morgan fingerprint density at radius 1 is 1.12 bits per heavy atom. The number of ether oxygens (including phenoxy) is 2. The number of piperazine rings is 1. The van der Waals surface area contributed by atoms with Crippen LogP contribution in [0.15, 0.2) is 48.5 Å². The lowest BCUT2D eigenvalue weighted by atomic mass is 9.95. The fourth-order valence-electron chi connectivity index (χ4n) is 3.68. The van der Waals surface area contributed by atoms with Crippen LogP contribution in [0.3, 0.4) is 0 Å². The van der Waals surface area contributed by atoms with Gasteiger partial charge < -0.3 is 14.8 Å². The highest BCUT2D eigenvalue weighted by Crippen LogP contribution is 2.37. The number of hydrogen-bond acceptors (Lipinski definition) is 4. The van der Waals surface area contributed by atoms with Crippen LogP contribution in [0.1, 0.15) is 17.2 Å². The molecule has 0 saturated carbocycles. The summed E-state index contributed by atoms with van der Waals surface area (Å²) < 4.78 is 12.3. The Labute approximate surface area is 153 Å². The first kappa shape index (κ1) is 16.9. The van der Waals surface area contributed by atoms with Crippen molar-refractivity contribution in [2.24, 2.45) is 0 Å². The molecule has 2 aliphatic heterocycles. The summed E-state index contributed by atoms with van der Waals surface area (Å²) >= 11 is 6.09. The van der Waals surface area contributed by atoms with Crippen molar-refractivity contribution in [2.75, 3.05) is 32.8 Å². The maximum atomic E-state index is 6.30. The molecular formula is C20H23ClN2O2. The Hall–Kier alpha value is -1.59. The largest absolute Gasteiger partial charge is 0.490 e. The first-order valence-corrected chi connectivity index (χ1v) is 9.21. The average molecular weight is 359 g/mol. The maximum Gasteiger partial charge on any atom is 0.124 e. The second-order valence-corrected chi connectivity index (χ2v) is 7.00. The van der Waals surface area contributed by atoms with E-state index in [-0.39, 0.29) is 12.1 Å². The first-order valence-electron chi connectivity index (χ1n) is 8.84. The van der Waals surface area contributed by atoms with Crippen LogP contribution in [0.2, 0.25) is 5.02 Å². The van der Waals surface area contributed by atoms with Gasteiger partial charge in [0.15, 0.2) is 0 Å². The maximum absolute atomic E-state index is 6.30. The van der Waals surface area contributed by atoms with Gasteiger partial charge in [-0.1, -0.05) is 41.9 Å². The number of nitrogens with zero attached hydrogens (tertiary/aromatic N) is 1. The molecule has 0 unspecified atom stereocenters. The van der Waals surface area contributed by atoms with Crippen molar-refractivity contribution in [2.45, 2.75) is 18.8 Å². The molecule has 0 spiro atoms. The topological polar surface area (TPSA) is 33.7 Å².